The minimum Gasteiger partial charge on any atom is -0.209 e. The third-order valence-corrected chi connectivity index (χ3v) is 1.10. The summed E-state index contributed by atoms with van der Waals surface area (Å²) in [5, 5.41) is 16.6. The summed E-state index contributed by atoms with van der Waals surface area (Å²) in [4.78, 5) is 3.81. The Labute approximate surface area is 116 Å². The van der Waals surface area contributed by atoms with Crippen molar-refractivity contribution in [1.29, 1.82) is 10.5 Å². The molecule has 0 aliphatic rings. The summed E-state index contributed by atoms with van der Waals surface area (Å²) in [5.74, 6) is 5.98. The maximum absolute atomic E-state index is 8.29. The second-order valence-electron chi connectivity index (χ2n) is 2.06. The minimum atomic E-state index is -0.799. The van der Waals surface area contributed by atoms with Crippen LogP contribution in [-0.4, -0.2) is 13.3 Å². The first-order valence-corrected chi connectivity index (χ1v) is 3.56. The van der Waals surface area contributed by atoms with Crippen LogP contribution >= 0.6 is 0 Å². The van der Waals surface area contributed by atoms with Crippen molar-refractivity contribution in [3.05, 3.63) is 4.85 Å². The summed E-state index contributed by atoms with van der Waals surface area (Å²) in [5.41, 5.74) is 0. The maximum atomic E-state index is 8.29. The second kappa shape index (κ2) is 11.2. The number of hydrogen-bond acceptors (Lipinski definition) is 2. The zero-order valence-electron chi connectivity index (χ0n) is 7.54. The number of unbranched alkanes of at least 4 members (excludes halogenated alkanes) is 1. The molecule has 0 spiro atoms. The zero-order chi connectivity index (χ0) is 8.53. The van der Waals surface area contributed by atoms with Crippen LogP contribution in [0.4, 0.5) is 0 Å². The first-order chi connectivity index (χ1) is 5.35. The smallest absolute Gasteiger partial charge is 0.209 e. The van der Waals surface area contributed by atoms with Crippen LogP contribution in [0, 0.1) is 28.4 Å². The van der Waals surface area contributed by atoms with E-state index in [9.17, 15) is 0 Å². The van der Waals surface area contributed by atoms with E-state index >= 15 is 0 Å². The SMILES string of the molecule is CCCC[N+]#CB(C#N)C#N.[K+]. The normalized spacial score (nSPS) is 6.25. The molecule has 0 aromatic carbocycles. The van der Waals surface area contributed by atoms with Crippen molar-refractivity contribution in [2.45, 2.75) is 19.8 Å². The monoisotopic (exact) mass is 185 g/mol. The Morgan fingerprint density at radius 3 is 2.33 bits per heavy atom. The van der Waals surface area contributed by atoms with E-state index in [1.165, 1.54) is 0 Å². The average molecular weight is 185 g/mol. The first-order valence-electron chi connectivity index (χ1n) is 3.56. The molecule has 0 radical (unpaired) electrons. The molecular formula is C7H9BKN3+2. The van der Waals surface area contributed by atoms with Crippen molar-refractivity contribution < 1.29 is 51.4 Å². The molecule has 0 rings (SSSR count). The van der Waals surface area contributed by atoms with Crippen LogP contribution in [0.1, 0.15) is 19.8 Å². The predicted molar refractivity (Wildman–Crippen MR) is 44.0 cm³/mol. The van der Waals surface area contributed by atoms with Crippen molar-refractivity contribution >= 4 is 6.71 Å². The van der Waals surface area contributed by atoms with E-state index in [4.69, 9.17) is 10.5 Å². The Balaban J connectivity index is 0. The van der Waals surface area contributed by atoms with Crippen LogP contribution in [0.25, 0.3) is 4.85 Å². The third-order valence-electron chi connectivity index (χ3n) is 1.10. The molecule has 3 nitrogen and oxygen atoms in total. The fourth-order valence-corrected chi connectivity index (χ4v) is 0.480. The molecule has 0 N–H and O–H groups in total. The Hall–Kier alpha value is 0.171. The van der Waals surface area contributed by atoms with Gasteiger partial charge in [0.1, 0.15) is 0 Å². The van der Waals surface area contributed by atoms with Crippen molar-refractivity contribution in [3.8, 4) is 17.9 Å². The van der Waals surface area contributed by atoms with Gasteiger partial charge in [-0.3, -0.25) is 0 Å². The Kier molecular flexibility index (Phi) is 13.7. The van der Waals surface area contributed by atoms with Crippen molar-refractivity contribution in [3.63, 3.8) is 0 Å². The molecule has 0 saturated carbocycles. The number of nitriles is 2. The summed E-state index contributed by atoms with van der Waals surface area (Å²) in [7, 11) is 0. The van der Waals surface area contributed by atoms with Crippen LogP contribution in [0.2, 0.25) is 0 Å². The molecular weight excluding hydrogens is 176 g/mol. The van der Waals surface area contributed by atoms with Gasteiger partial charge in [-0.05, 0) is 6.42 Å². The summed E-state index contributed by atoms with van der Waals surface area (Å²) >= 11 is 0. The Bertz CT molecular complexity index is 228. The first kappa shape index (κ1) is 14.7. The van der Waals surface area contributed by atoms with Gasteiger partial charge in [-0.2, -0.15) is 0 Å². The van der Waals surface area contributed by atoms with E-state index in [0.29, 0.717) is 6.54 Å². The zero-order valence-corrected chi connectivity index (χ0v) is 10.7. The van der Waals surface area contributed by atoms with E-state index in [2.05, 4.69) is 17.7 Å². The molecule has 0 atom stereocenters. The number of hydrogen-bond donors (Lipinski definition) is 0. The standard InChI is InChI=1S/C7H9BN3.K/c1-2-3-4-11-7-8(5-9)6-10;/h2-4H2,1H3;/q2*+1. The molecule has 0 fully saturated rings. The van der Waals surface area contributed by atoms with Crippen LogP contribution in [-0.2, 0) is 0 Å². The summed E-state index contributed by atoms with van der Waals surface area (Å²) < 4.78 is 0. The molecule has 12 heavy (non-hydrogen) atoms. The second-order valence-corrected chi connectivity index (χ2v) is 2.06. The van der Waals surface area contributed by atoms with Crippen LogP contribution in [0.3, 0.4) is 0 Å². The van der Waals surface area contributed by atoms with Gasteiger partial charge in [0.2, 0.25) is 5.97 Å². The molecule has 0 aliphatic heterocycles. The Morgan fingerprint density at radius 1 is 1.33 bits per heavy atom. The van der Waals surface area contributed by atoms with E-state index in [-0.39, 0.29) is 51.4 Å². The van der Waals surface area contributed by atoms with Gasteiger partial charge in [-0.15, -0.1) is 0 Å². The van der Waals surface area contributed by atoms with E-state index in [0.717, 1.165) is 12.8 Å². The van der Waals surface area contributed by atoms with Gasteiger partial charge in [0.05, 0.1) is 11.9 Å². The van der Waals surface area contributed by atoms with Crippen molar-refractivity contribution in [1.82, 2.24) is 0 Å². The van der Waals surface area contributed by atoms with Crippen molar-refractivity contribution in [2.75, 3.05) is 6.54 Å². The van der Waals surface area contributed by atoms with Gasteiger partial charge in [0.15, 0.2) is 0 Å². The molecule has 0 unspecified atom stereocenters. The molecule has 0 bridgehead atoms. The molecule has 5 heteroatoms. The molecule has 0 aromatic heterocycles. The van der Waals surface area contributed by atoms with E-state index in [1.54, 1.807) is 11.9 Å². The minimum absolute atomic E-state index is 0. The van der Waals surface area contributed by atoms with Gasteiger partial charge >= 0.3 is 58.1 Å². The van der Waals surface area contributed by atoms with Crippen LogP contribution in [0.5, 0.6) is 0 Å². The van der Waals surface area contributed by atoms with Gasteiger partial charge in [-0.1, -0.05) is 11.8 Å². The predicted octanol–water partition coefficient (Wildman–Crippen LogP) is -1.72. The molecule has 0 amide bonds. The fraction of sp³-hybridized carbons (Fsp3) is 0.571. The van der Waals surface area contributed by atoms with Gasteiger partial charge in [-0.25, -0.2) is 10.5 Å². The van der Waals surface area contributed by atoms with Crippen LogP contribution in [0.15, 0.2) is 0 Å². The maximum Gasteiger partial charge on any atom is 1.00 e. The van der Waals surface area contributed by atoms with E-state index in [1.807, 2.05) is 0 Å². The summed E-state index contributed by atoms with van der Waals surface area (Å²) in [6.45, 7) is 1.92. The summed E-state index contributed by atoms with van der Waals surface area (Å²) in [6.07, 6.45) is 2.05. The number of rotatable bonds is 2. The van der Waals surface area contributed by atoms with E-state index < -0.39 is 6.71 Å². The number of nitrogens with zero attached hydrogens (tertiary/aromatic N) is 3. The third kappa shape index (κ3) is 8.27. The fourth-order valence-electron chi connectivity index (χ4n) is 0.480. The average Bonchev–Trinajstić information content (AvgIpc) is 2.05. The van der Waals surface area contributed by atoms with Gasteiger partial charge < -0.3 is 0 Å². The van der Waals surface area contributed by atoms with Gasteiger partial charge in [0.25, 0.3) is 6.54 Å². The molecule has 0 heterocycles. The summed E-state index contributed by atoms with van der Waals surface area (Å²) in [6, 6.07) is 0. The molecule has 0 aromatic rings. The Morgan fingerprint density at radius 2 is 1.92 bits per heavy atom. The molecule has 54 valence electrons. The quantitative estimate of drug-likeness (QED) is 0.379. The van der Waals surface area contributed by atoms with Crippen LogP contribution < -0.4 is 51.4 Å². The molecule has 0 saturated heterocycles. The topological polar surface area (TPSA) is 51.9 Å². The largest absolute Gasteiger partial charge is 1.00 e. The molecule has 0 aliphatic carbocycles. The van der Waals surface area contributed by atoms with Gasteiger partial charge in [0, 0.05) is 6.42 Å². The van der Waals surface area contributed by atoms with Crippen molar-refractivity contribution in [2.24, 2.45) is 0 Å².